The summed E-state index contributed by atoms with van der Waals surface area (Å²) in [6, 6.07) is 14.8. The Labute approximate surface area is 220 Å². The Hall–Kier alpha value is -4.00. The number of hydrogen-bond donors (Lipinski definition) is 2. The molecule has 3 aromatic carbocycles. The topological polar surface area (TPSA) is 132 Å². The minimum absolute atomic E-state index is 0.0496. The van der Waals surface area contributed by atoms with Crippen molar-refractivity contribution in [1.29, 1.82) is 0 Å². The zero-order valence-corrected chi connectivity index (χ0v) is 21.2. The van der Waals surface area contributed by atoms with Crippen molar-refractivity contribution in [3.05, 3.63) is 104 Å². The Morgan fingerprint density at radius 3 is 2.41 bits per heavy atom. The van der Waals surface area contributed by atoms with E-state index in [0.29, 0.717) is 22.0 Å². The highest BCUT2D eigenvalue weighted by molar-refractivity contribution is 7.92. The fourth-order valence-electron chi connectivity index (χ4n) is 3.23. The Morgan fingerprint density at radius 1 is 1.08 bits per heavy atom. The molecule has 10 nitrogen and oxygen atoms in total. The quantitative estimate of drug-likeness (QED) is 0.159. The van der Waals surface area contributed by atoms with Crippen molar-refractivity contribution in [3.8, 4) is 5.69 Å². The monoisotopic (exact) mass is 562 g/mol. The Morgan fingerprint density at radius 2 is 1.76 bits per heavy atom. The van der Waals surface area contributed by atoms with E-state index < -0.39 is 26.5 Å². The van der Waals surface area contributed by atoms with Crippen LogP contribution in [-0.2, 0) is 10.0 Å². The minimum atomic E-state index is -4.12. The largest absolute Gasteiger partial charge is 0.295 e. The van der Waals surface area contributed by atoms with Crippen molar-refractivity contribution in [2.75, 3.05) is 10.1 Å². The number of hydrazone groups is 1. The van der Waals surface area contributed by atoms with Gasteiger partial charge in [0, 0.05) is 16.8 Å². The third kappa shape index (κ3) is 5.88. The number of anilines is 2. The molecule has 0 bridgehead atoms. The summed E-state index contributed by atoms with van der Waals surface area (Å²) in [6.45, 7) is 1.68. The number of aryl methyl sites for hydroxylation is 1. The molecule has 190 valence electrons. The molecule has 0 aliphatic carbocycles. The molecule has 0 unspecified atom stereocenters. The number of hydrogen-bond acceptors (Lipinski definition) is 7. The normalized spacial score (nSPS) is 11.6. The van der Waals surface area contributed by atoms with Gasteiger partial charge in [-0.2, -0.15) is 10.2 Å². The number of halogens is 3. The van der Waals surface area contributed by atoms with Crippen LogP contribution in [0.3, 0.4) is 0 Å². The van der Waals surface area contributed by atoms with E-state index in [1.165, 1.54) is 71.6 Å². The van der Waals surface area contributed by atoms with Gasteiger partial charge >= 0.3 is 0 Å². The smallest absolute Gasteiger partial charge is 0.280 e. The van der Waals surface area contributed by atoms with Crippen LogP contribution in [0.2, 0.25) is 10.2 Å². The Bertz CT molecular complexity index is 1610. The van der Waals surface area contributed by atoms with Crippen LogP contribution < -0.4 is 10.1 Å². The fourth-order valence-corrected chi connectivity index (χ4v) is 4.76. The maximum atomic E-state index is 13.2. The average molecular weight is 563 g/mol. The zero-order valence-electron chi connectivity index (χ0n) is 18.9. The molecule has 1 heterocycles. The molecule has 4 aromatic rings. The van der Waals surface area contributed by atoms with Gasteiger partial charge in [0.15, 0.2) is 0 Å². The minimum Gasteiger partial charge on any atom is -0.280 e. The molecule has 14 heteroatoms. The van der Waals surface area contributed by atoms with Crippen LogP contribution in [-0.4, -0.2) is 29.3 Å². The van der Waals surface area contributed by atoms with Crippen molar-refractivity contribution in [3.63, 3.8) is 0 Å². The predicted octanol–water partition coefficient (Wildman–Crippen LogP) is 5.78. The number of nitrogens with zero attached hydrogens (tertiary/aromatic N) is 4. The molecule has 0 spiro atoms. The van der Waals surface area contributed by atoms with Crippen molar-refractivity contribution in [1.82, 2.24) is 9.78 Å². The van der Waals surface area contributed by atoms with E-state index in [1.54, 1.807) is 6.92 Å². The molecule has 2 N–H and O–H groups in total. The summed E-state index contributed by atoms with van der Waals surface area (Å²) in [6.07, 6.45) is 1.32. The van der Waals surface area contributed by atoms with Gasteiger partial charge in [0.05, 0.1) is 33.0 Å². The number of sulfonamides is 1. The van der Waals surface area contributed by atoms with Crippen LogP contribution in [0.25, 0.3) is 5.69 Å². The van der Waals surface area contributed by atoms with E-state index >= 15 is 0 Å². The van der Waals surface area contributed by atoms with Crippen molar-refractivity contribution >= 4 is 56.5 Å². The number of nitro benzene ring substituents is 1. The number of benzene rings is 3. The fraction of sp³-hybridized carbons (Fsp3) is 0.0435. The molecule has 0 saturated carbocycles. The molecule has 0 aliphatic rings. The summed E-state index contributed by atoms with van der Waals surface area (Å²) >= 11 is 12.2. The molecule has 0 saturated heterocycles. The maximum Gasteiger partial charge on any atom is 0.295 e. The molecular weight excluding hydrogens is 546 g/mol. The number of nitro groups is 1. The summed E-state index contributed by atoms with van der Waals surface area (Å²) < 4.78 is 42.4. The zero-order chi connectivity index (χ0) is 26.7. The molecule has 0 atom stereocenters. The number of aromatic nitrogens is 2. The highest BCUT2D eigenvalue weighted by Gasteiger charge is 2.22. The van der Waals surface area contributed by atoms with Gasteiger partial charge in [-0.25, -0.2) is 17.5 Å². The summed E-state index contributed by atoms with van der Waals surface area (Å²) in [5, 5.41) is 20.6. The standard InChI is InChI=1S/C23H17Cl2FN6O4S/c1-14-20(23(25)31(29-14)18-8-4-16(26)5-9-18)13-27-28-21-11-10-19(12-22(21)32(33)34)37(35,36)30-17-6-2-15(24)3-7-17/h2-13,28,30H,1H3/b27-13-. The molecule has 37 heavy (non-hydrogen) atoms. The molecule has 0 amide bonds. The highest BCUT2D eigenvalue weighted by Crippen LogP contribution is 2.29. The van der Waals surface area contributed by atoms with Crippen LogP contribution in [0, 0.1) is 22.9 Å². The maximum absolute atomic E-state index is 13.2. The SMILES string of the molecule is Cc1nn(-c2ccc(F)cc2)c(Cl)c1/C=N\Nc1ccc(S(=O)(=O)Nc2ccc(Cl)cc2)cc1[N+](=O)[O-]. The van der Waals surface area contributed by atoms with Gasteiger partial charge in [-0.3, -0.25) is 20.3 Å². The van der Waals surface area contributed by atoms with Crippen molar-refractivity contribution in [2.24, 2.45) is 5.10 Å². The lowest BCUT2D eigenvalue weighted by atomic mass is 10.3. The lowest BCUT2D eigenvalue weighted by molar-refractivity contribution is -0.384. The summed E-state index contributed by atoms with van der Waals surface area (Å²) in [4.78, 5) is 10.6. The van der Waals surface area contributed by atoms with Crippen LogP contribution >= 0.6 is 23.2 Å². The third-order valence-electron chi connectivity index (χ3n) is 5.07. The first-order valence-electron chi connectivity index (χ1n) is 10.4. The second-order valence-electron chi connectivity index (χ2n) is 7.60. The van der Waals surface area contributed by atoms with Crippen LogP contribution in [0.4, 0.5) is 21.5 Å². The van der Waals surface area contributed by atoms with Crippen LogP contribution in [0.5, 0.6) is 0 Å². The third-order valence-corrected chi connectivity index (χ3v) is 7.07. The Balaban J connectivity index is 1.57. The Kier molecular flexibility index (Phi) is 7.43. The molecule has 0 aliphatic heterocycles. The van der Waals surface area contributed by atoms with E-state index in [9.17, 15) is 22.9 Å². The van der Waals surface area contributed by atoms with Crippen molar-refractivity contribution < 1.29 is 17.7 Å². The van der Waals surface area contributed by atoms with Gasteiger partial charge in [-0.05, 0) is 67.6 Å². The lowest BCUT2D eigenvalue weighted by Crippen LogP contribution is -2.13. The second kappa shape index (κ2) is 10.5. The van der Waals surface area contributed by atoms with Gasteiger partial charge in [0.1, 0.15) is 16.7 Å². The van der Waals surface area contributed by atoms with E-state index in [1.807, 2.05) is 0 Å². The van der Waals surface area contributed by atoms with E-state index in [-0.39, 0.29) is 21.4 Å². The van der Waals surface area contributed by atoms with Crippen LogP contribution in [0.1, 0.15) is 11.3 Å². The first kappa shape index (κ1) is 26.1. The van der Waals surface area contributed by atoms with Gasteiger partial charge in [-0.1, -0.05) is 23.2 Å². The second-order valence-corrected chi connectivity index (χ2v) is 10.1. The first-order valence-corrected chi connectivity index (χ1v) is 12.7. The van der Waals surface area contributed by atoms with Crippen molar-refractivity contribution in [2.45, 2.75) is 11.8 Å². The van der Waals surface area contributed by atoms with Gasteiger partial charge in [0.2, 0.25) is 0 Å². The summed E-state index contributed by atoms with van der Waals surface area (Å²) in [7, 11) is -4.12. The highest BCUT2D eigenvalue weighted by atomic mass is 35.5. The number of rotatable bonds is 8. The van der Waals surface area contributed by atoms with Gasteiger partial charge < -0.3 is 0 Å². The predicted molar refractivity (Wildman–Crippen MR) is 140 cm³/mol. The average Bonchev–Trinajstić information content (AvgIpc) is 3.14. The molecule has 0 radical (unpaired) electrons. The number of nitrogens with one attached hydrogen (secondary N) is 2. The molecule has 0 fully saturated rings. The summed E-state index contributed by atoms with van der Waals surface area (Å²) in [5.41, 5.74) is 3.68. The lowest BCUT2D eigenvalue weighted by Gasteiger charge is -2.09. The van der Waals surface area contributed by atoms with Crippen LogP contribution in [0.15, 0.2) is 76.7 Å². The molecular formula is C23H17Cl2FN6O4S. The van der Waals surface area contributed by atoms with Gasteiger partial charge in [-0.15, -0.1) is 0 Å². The molecule has 4 rings (SSSR count). The summed E-state index contributed by atoms with van der Waals surface area (Å²) in [5.74, 6) is -0.407. The van der Waals surface area contributed by atoms with Gasteiger partial charge in [0.25, 0.3) is 15.7 Å². The van der Waals surface area contributed by atoms with E-state index in [2.05, 4.69) is 20.3 Å². The first-order chi connectivity index (χ1) is 17.5. The molecule has 1 aromatic heterocycles. The van der Waals surface area contributed by atoms with E-state index in [0.717, 1.165) is 6.07 Å². The van der Waals surface area contributed by atoms with E-state index in [4.69, 9.17) is 23.2 Å².